The Morgan fingerprint density at radius 3 is 2.21 bits per heavy atom. The molecule has 4 nitrogen and oxygen atoms in total. The second kappa shape index (κ2) is 8.34. The molecule has 0 aromatic heterocycles. The van der Waals surface area contributed by atoms with Crippen molar-refractivity contribution in [1.82, 2.24) is 4.67 Å². The lowest BCUT2D eigenvalue weighted by Gasteiger charge is -2.26. The second-order valence-electron chi connectivity index (χ2n) is 2.42. The van der Waals surface area contributed by atoms with Gasteiger partial charge in [-0.3, -0.25) is 4.57 Å². The number of rotatable bonds is 8. The lowest BCUT2D eigenvalue weighted by Crippen LogP contribution is -2.29. The van der Waals surface area contributed by atoms with Gasteiger partial charge in [0.25, 0.3) is 0 Å². The minimum absolute atomic E-state index is 0.300. The highest BCUT2D eigenvalue weighted by atomic mass is 79.9. The van der Waals surface area contributed by atoms with E-state index in [0.717, 1.165) is 0 Å². The Balaban J connectivity index is 4.21. The van der Waals surface area contributed by atoms with Gasteiger partial charge in [-0.25, -0.2) is 10.2 Å². The Labute approximate surface area is 103 Å². The van der Waals surface area contributed by atoms with Crippen LogP contribution in [0.3, 0.4) is 0 Å². The van der Waals surface area contributed by atoms with Crippen LogP contribution in [-0.4, -0.2) is 41.5 Å². The number of hydrogen-bond donors (Lipinski definition) is 1. The van der Waals surface area contributed by atoms with Gasteiger partial charge in [-0.15, -0.1) is 23.2 Å². The largest absolute Gasteiger partial charge is 0.340 e. The van der Waals surface area contributed by atoms with E-state index in [9.17, 15) is 4.57 Å². The molecule has 0 heterocycles. The van der Waals surface area contributed by atoms with Gasteiger partial charge >= 0.3 is 7.67 Å². The lowest BCUT2D eigenvalue weighted by molar-refractivity contribution is 0.282. The van der Waals surface area contributed by atoms with E-state index < -0.39 is 7.67 Å². The van der Waals surface area contributed by atoms with Gasteiger partial charge in [0.2, 0.25) is 0 Å². The number of nitrogens with zero attached hydrogens (tertiary/aromatic N) is 1. The van der Waals surface area contributed by atoms with Crippen LogP contribution in [0.25, 0.3) is 0 Å². The molecule has 0 aliphatic rings. The lowest BCUT2D eigenvalue weighted by atomic mass is 10.6. The molecule has 0 radical (unpaired) electrons. The SMILES string of the molecule is NP(=O)(OCCBr)N(CCCl)CCCl. The maximum absolute atomic E-state index is 11.8. The first-order valence-corrected chi connectivity index (χ1v) is 7.88. The number of alkyl halides is 3. The van der Waals surface area contributed by atoms with Crippen molar-refractivity contribution in [3.63, 3.8) is 0 Å². The van der Waals surface area contributed by atoms with Crippen LogP contribution in [0.1, 0.15) is 0 Å². The smallest absolute Gasteiger partial charge is 0.305 e. The molecule has 0 saturated heterocycles. The zero-order valence-corrected chi connectivity index (χ0v) is 11.7. The van der Waals surface area contributed by atoms with Crippen molar-refractivity contribution in [2.75, 3.05) is 36.8 Å². The number of halogens is 3. The Hall–Kier alpha value is 1.17. The van der Waals surface area contributed by atoms with E-state index in [1.54, 1.807) is 0 Å². The first-order chi connectivity index (χ1) is 6.58. The third kappa shape index (κ3) is 5.91. The average Bonchev–Trinajstić information content (AvgIpc) is 2.14. The fourth-order valence-corrected chi connectivity index (χ4v) is 3.16. The summed E-state index contributed by atoms with van der Waals surface area (Å²) >= 11 is 14.2. The molecular formula is C6H14BrCl2N2O2P. The maximum Gasteiger partial charge on any atom is 0.340 e. The van der Waals surface area contributed by atoms with Gasteiger partial charge in [0.05, 0.1) is 6.61 Å². The van der Waals surface area contributed by atoms with Crippen molar-refractivity contribution in [3.8, 4) is 0 Å². The summed E-state index contributed by atoms with van der Waals surface area (Å²) in [5, 5.41) is 0.587. The summed E-state index contributed by atoms with van der Waals surface area (Å²) in [6.45, 7) is 1.11. The van der Waals surface area contributed by atoms with Crippen LogP contribution in [0.4, 0.5) is 0 Å². The molecule has 1 atom stereocenters. The molecule has 0 saturated carbocycles. The van der Waals surface area contributed by atoms with Gasteiger partial charge in [0, 0.05) is 30.2 Å². The summed E-state index contributed by atoms with van der Waals surface area (Å²) in [5.74, 6) is 0.686. The van der Waals surface area contributed by atoms with E-state index >= 15 is 0 Å². The fraction of sp³-hybridized carbons (Fsp3) is 1.00. The van der Waals surface area contributed by atoms with Crippen LogP contribution < -0.4 is 5.50 Å². The van der Waals surface area contributed by atoms with Gasteiger partial charge in [-0.05, 0) is 0 Å². The van der Waals surface area contributed by atoms with Crippen LogP contribution in [0, 0.1) is 0 Å². The van der Waals surface area contributed by atoms with E-state index in [0.29, 0.717) is 36.8 Å². The minimum atomic E-state index is -3.22. The predicted molar refractivity (Wildman–Crippen MR) is 64.6 cm³/mol. The first-order valence-electron chi connectivity index (χ1n) is 4.05. The summed E-state index contributed by atoms with van der Waals surface area (Å²) in [6.07, 6.45) is 0. The summed E-state index contributed by atoms with van der Waals surface area (Å²) in [4.78, 5) is 0. The second-order valence-corrected chi connectivity index (χ2v) is 5.92. The first kappa shape index (κ1) is 15.2. The van der Waals surface area contributed by atoms with Gasteiger partial charge in [0.15, 0.2) is 0 Å². The van der Waals surface area contributed by atoms with Gasteiger partial charge < -0.3 is 4.52 Å². The average molecular weight is 328 g/mol. The third-order valence-electron chi connectivity index (χ3n) is 1.43. The monoisotopic (exact) mass is 326 g/mol. The molecule has 0 rings (SSSR count). The number of hydrogen-bond acceptors (Lipinski definition) is 2. The Morgan fingerprint density at radius 2 is 1.86 bits per heavy atom. The summed E-state index contributed by atoms with van der Waals surface area (Å²) in [7, 11) is -3.22. The van der Waals surface area contributed by atoms with E-state index in [4.69, 9.17) is 33.2 Å². The van der Waals surface area contributed by atoms with Crippen molar-refractivity contribution in [2.24, 2.45) is 5.50 Å². The molecular weight excluding hydrogens is 314 g/mol. The molecule has 0 aliphatic heterocycles. The van der Waals surface area contributed by atoms with Crippen molar-refractivity contribution >= 4 is 46.8 Å². The topological polar surface area (TPSA) is 55.6 Å². The van der Waals surface area contributed by atoms with E-state index in [2.05, 4.69) is 15.9 Å². The summed E-state index contributed by atoms with van der Waals surface area (Å²) < 4.78 is 18.3. The molecule has 2 N–H and O–H groups in total. The highest BCUT2D eigenvalue weighted by molar-refractivity contribution is 9.09. The zero-order valence-electron chi connectivity index (χ0n) is 7.66. The van der Waals surface area contributed by atoms with E-state index in [-0.39, 0.29) is 0 Å². The van der Waals surface area contributed by atoms with Crippen LogP contribution in [0.15, 0.2) is 0 Å². The molecule has 0 aliphatic carbocycles. The highest BCUT2D eigenvalue weighted by Crippen LogP contribution is 2.41. The predicted octanol–water partition coefficient (Wildman–Crippen LogP) is 2.24. The molecule has 0 fully saturated rings. The maximum atomic E-state index is 11.8. The van der Waals surface area contributed by atoms with Crippen LogP contribution >= 0.6 is 46.8 Å². The van der Waals surface area contributed by atoms with Crippen LogP contribution in [0.2, 0.25) is 0 Å². The highest BCUT2D eigenvalue weighted by Gasteiger charge is 2.25. The molecule has 0 spiro atoms. The molecule has 0 bridgehead atoms. The summed E-state index contributed by atoms with van der Waals surface area (Å²) in [5.41, 5.74) is 5.54. The van der Waals surface area contributed by atoms with Gasteiger partial charge in [0.1, 0.15) is 0 Å². The van der Waals surface area contributed by atoms with E-state index in [1.807, 2.05) is 0 Å². The van der Waals surface area contributed by atoms with Crippen molar-refractivity contribution in [3.05, 3.63) is 0 Å². The van der Waals surface area contributed by atoms with Crippen molar-refractivity contribution in [1.29, 1.82) is 0 Å². The molecule has 14 heavy (non-hydrogen) atoms. The molecule has 8 heteroatoms. The molecule has 86 valence electrons. The van der Waals surface area contributed by atoms with Crippen molar-refractivity contribution in [2.45, 2.75) is 0 Å². The third-order valence-corrected chi connectivity index (χ3v) is 3.84. The van der Waals surface area contributed by atoms with Gasteiger partial charge in [-0.2, -0.15) is 0 Å². The minimum Gasteiger partial charge on any atom is -0.305 e. The van der Waals surface area contributed by atoms with Gasteiger partial charge in [-0.1, -0.05) is 15.9 Å². The quantitative estimate of drug-likeness (QED) is 0.549. The van der Waals surface area contributed by atoms with Crippen LogP contribution in [0.5, 0.6) is 0 Å². The Kier molecular flexibility index (Phi) is 9.03. The molecule has 0 aromatic rings. The zero-order chi connectivity index (χ0) is 11.0. The van der Waals surface area contributed by atoms with Crippen LogP contribution in [-0.2, 0) is 9.09 Å². The summed E-state index contributed by atoms with van der Waals surface area (Å²) in [6, 6.07) is 0. The normalized spacial score (nSPS) is 15.8. The Bertz CT molecular complexity index is 193. The molecule has 0 amide bonds. The molecule has 1 unspecified atom stereocenters. The standard InChI is InChI=1S/C6H14BrCl2N2O2P/c7-1-6-13-14(10,12)11(4-2-8)5-3-9/h1-6H2,(H2,10,12). The fourth-order valence-electron chi connectivity index (χ4n) is 0.833. The molecule has 0 aromatic carbocycles. The van der Waals surface area contributed by atoms with Crippen molar-refractivity contribution < 1.29 is 9.09 Å². The van der Waals surface area contributed by atoms with E-state index in [1.165, 1.54) is 4.67 Å². The Morgan fingerprint density at radius 1 is 1.36 bits per heavy atom. The number of nitrogens with two attached hydrogens (primary N) is 1.